The largest absolute Gasteiger partial charge is 0.480 e. The van der Waals surface area contributed by atoms with Crippen LogP contribution < -0.4 is 15.2 Å². The van der Waals surface area contributed by atoms with Crippen LogP contribution in [0.5, 0.6) is 11.5 Å². The van der Waals surface area contributed by atoms with Gasteiger partial charge in [0.15, 0.2) is 18.1 Å². The lowest BCUT2D eigenvalue weighted by Crippen LogP contribution is -2.16. The summed E-state index contributed by atoms with van der Waals surface area (Å²) in [6.45, 7) is -0.565. The summed E-state index contributed by atoms with van der Waals surface area (Å²) >= 11 is 0. The molecule has 0 saturated heterocycles. The van der Waals surface area contributed by atoms with E-state index in [2.05, 4.69) is 4.74 Å². The normalized spacial score (nSPS) is 9.71. The first-order valence-electron chi connectivity index (χ1n) is 4.79. The van der Waals surface area contributed by atoms with Gasteiger partial charge in [-0.25, -0.2) is 4.79 Å². The van der Waals surface area contributed by atoms with Crippen LogP contribution in [0.4, 0.5) is 0 Å². The number of carbonyl (C=O) groups is 2. The molecule has 0 aliphatic carbocycles. The third-order valence-corrected chi connectivity index (χ3v) is 1.69. The van der Waals surface area contributed by atoms with E-state index in [0.29, 0.717) is 0 Å². The van der Waals surface area contributed by atoms with Gasteiger partial charge in [0.05, 0.1) is 0 Å². The summed E-state index contributed by atoms with van der Waals surface area (Å²) in [5.41, 5.74) is 6.71. The van der Waals surface area contributed by atoms with Gasteiger partial charge in [-0.2, -0.15) is 0 Å². The lowest BCUT2D eigenvalue weighted by atomic mass is 10.3. The van der Waals surface area contributed by atoms with E-state index in [9.17, 15) is 9.59 Å². The van der Waals surface area contributed by atoms with E-state index in [1.165, 1.54) is 13.2 Å². The fourth-order valence-electron chi connectivity index (χ4n) is 1.07. The lowest BCUT2D eigenvalue weighted by molar-refractivity contribution is -0.138. The number of nitrogens with one attached hydrogen (secondary N) is 1. The average Bonchev–Trinajstić information content (AvgIpc) is 2.28. The second-order valence-corrected chi connectivity index (χ2v) is 3.07. The van der Waals surface area contributed by atoms with Gasteiger partial charge in [-0.3, -0.25) is 10.5 Å². The van der Waals surface area contributed by atoms with Gasteiger partial charge >= 0.3 is 5.97 Å². The van der Waals surface area contributed by atoms with Gasteiger partial charge < -0.3 is 14.2 Å². The van der Waals surface area contributed by atoms with E-state index >= 15 is 0 Å². The van der Waals surface area contributed by atoms with Gasteiger partial charge in [0.1, 0.15) is 6.61 Å². The van der Waals surface area contributed by atoms with Crippen molar-refractivity contribution in [1.82, 2.24) is 5.73 Å². The Bertz CT molecular complexity index is 405. The summed E-state index contributed by atoms with van der Waals surface area (Å²) in [6, 6.07) is 6.39. The van der Waals surface area contributed by atoms with Gasteiger partial charge in [-0.1, -0.05) is 12.1 Å². The summed E-state index contributed by atoms with van der Waals surface area (Å²) in [7, 11) is 1.38. The molecule has 0 fully saturated rings. The number of amides is 1. The van der Waals surface area contributed by atoms with Crippen LogP contribution in [0.15, 0.2) is 24.3 Å². The molecule has 0 unspecified atom stereocenters. The molecule has 1 radical (unpaired) electrons. The number of ether oxygens (including phenoxy) is 3. The predicted molar refractivity (Wildman–Crippen MR) is 57.6 cm³/mol. The Hall–Kier alpha value is -2.08. The van der Waals surface area contributed by atoms with Crippen LogP contribution in [0.25, 0.3) is 0 Å². The zero-order chi connectivity index (χ0) is 12.7. The molecule has 0 atom stereocenters. The molecule has 91 valence electrons. The van der Waals surface area contributed by atoms with Crippen LogP contribution in [0.3, 0.4) is 0 Å². The van der Waals surface area contributed by atoms with Crippen molar-refractivity contribution in [1.29, 1.82) is 0 Å². The molecule has 6 nitrogen and oxygen atoms in total. The van der Waals surface area contributed by atoms with Gasteiger partial charge in [-0.05, 0) is 12.1 Å². The standard InChI is InChI=1S/C11H12NO5/c1-15-7-11(14)17-9-5-3-2-4-8(9)16-6-10(12)13/h2-5,12H,6-7H2,1H3. The van der Waals surface area contributed by atoms with Gasteiger partial charge in [0.25, 0.3) is 5.91 Å². The van der Waals surface area contributed by atoms with Crippen LogP contribution in [0.1, 0.15) is 0 Å². The third kappa shape index (κ3) is 4.52. The van der Waals surface area contributed by atoms with Gasteiger partial charge in [0.2, 0.25) is 0 Å². The van der Waals surface area contributed by atoms with Crippen molar-refractivity contribution in [2.45, 2.75) is 0 Å². The van der Waals surface area contributed by atoms with E-state index in [1.54, 1.807) is 18.2 Å². The highest BCUT2D eigenvalue weighted by atomic mass is 16.6. The van der Waals surface area contributed by atoms with Crippen molar-refractivity contribution >= 4 is 11.9 Å². The average molecular weight is 238 g/mol. The first kappa shape index (κ1) is 13.0. The molecule has 1 N–H and O–H groups in total. The summed E-state index contributed by atoms with van der Waals surface area (Å²) in [5, 5.41) is 0. The Kier molecular flexibility index (Phi) is 4.96. The molecule has 0 aliphatic rings. The molecule has 1 amide bonds. The molecular formula is C11H12NO5. The molecule has 0 aliphatic heterocycles. The molecule has 1 rings (SSSR count). The highest BCUT2D eigenvalue weighted by Crippen LogP contribution is 2.26. The van der Waals surface area contributed by atoms with E-state index in [4.69, 9.17) is 15.2 Å². The van der Waals surface area contributed by atoms with Crippen LogP contribution in [0, 0.1) is 0 Å². The first-order valence-corrected chi connectivity index (χ1v) is 4.79. The smallest absolute Gasteiger partial charge is 0.337 e. The van der Waals surface area contributed by atoms with Crippen molar-refractivity contribution in [2.24, 2.45) is 0 Å². The van der Waals surface area contributed by atoms with Crippen molar-refractivity contribution in [3.63, 3.8) is 0 Å². The molecule has 0 spiro atoms. The molecule has 17 heavy (non-hydrogen) atoms. The van der Waals surface area contributed by atoms with Crippen molar-refractivity contribution in [3.8, 4) is 11.5 Å². The Morgan fingerprint density at radius 1 is 1.18 bits per heavy atom. The monoisotopic (exact) mass is 238 g/mol. The highest BCUT2D eigenvalue weighted by Gasteiger charge is 2.10. The maximum Gasteiger partial charge on any atom is 0.337 e. The number of rotatable bonds is 6. The second-order valence-electron chi connectivity index (χ2n) is 3.07. The molecule has 0 bridgehead atoms. The van der Waals surface area contributed by atoms with E-state index in [1.807, 2.05) is 0 Å². The summed E-state index contributed by atoms with van der Waals surface area (Å²) < 4.78 is 14.6. The summed E-state index contributed by atoms with van der Waals surface area (Å²) in [6.07, 6.45) is 0. The van der Waals surface area contributed by atoms with E-state index in [-0.39, 0.29) is 18.1 Å². The number of benzene rings is 1. The van der Waals surface area contributed by atoms with E-state index < -0.39 is 18.5 Å². The van der Waals surface area contributed by atoms with Crippen molar-refractivity contribution < 1.29 is 23.8 Å². The Labute approximate surface area is 98.3 Å². The van der Waals surface area contributed by atoms with Crippen LogP contribution in [0.2, 0.25) is 0 Å². The molecule has 0 saturated carbocycles. The number of methoxy groups -OCH3 is 1. The van der Waals surface area contributed by atoms with Crippen LogP contribution in [-0.2, 0) is 14.3 Å². The summed E-state index contributed by atoms with van der Waals surface area (Å²) in [4.78, 5) is 21.7. The quantitative estimate of drug-likeness (QED) is 0.529. The number of esters is 1. The number of hydrogen-bond acceptors (Lipinski definition) is 5. The number of carbonyl (C=O) groups excluding carboxylic acids is 2. The van der Waals surface area contributed by atoms with Gasteiger partial charge in [0, 0.05) is 7.11 Å². The third-order valence-electron chi connectivity index (χ3n) is 1.69. The Morgan fingerprint density at radius 3 is 2.41 bits per heavy atom. The molecule has 1 aromatic rings. The Balaban J connectivity index is 2.70. The minimum absolute atomic E-state index is 0.175. The fourth-order valence-corrected chi connectivity index (χ4v) is 1.07. The van der Waals surface area contributed by atoms with Crippen LogP contribution >= 0.6 is 0 Å². The number of para-hydroxylation sites is 2. The minimum Gasteiger partial charge on any atom is -0.480 e. The molecular weight excluding hydrogens is 226 g/mol. The van der Waals surface area contributed by atoms with E-state index in [0.717, 1.165) is 0 Å². The molecule has 0 aromatic heterocycles. The maximum absolute atomic E-state index is 11.2. The second kappa shape index (κ2) is 6.49. The molecule has 6 heteroatoms. The Morgan fingerprint density at radius 2 is 1.82 bits per heavy atom. The zero-order valence-electron chi connectivity index (χ0n) is 9.26. The van der Waals surface area contributed by atoms with Crippen molar-refractivity contribution in [3.05, 3.63) is 24.3 Å². The van der Waals surface area contributed by atoms with Crippen LogP contribution in [-0.4, -0.2) is 32.2 Å². The SMILES string of the molecule is COCC(=O)Oc1ccccc1OCC([NH])=O. The number of hydrogen-bond donors (Lipinski definition) is 0. The van der Waals surface area contributed by atoms with Gasteiger partial charge in [-0.15, -0.1) is 0 Å². The zero-order valence-corrected chi connectivity index (χ0v) is 9.26. The topological polar surface area (TPSA) is 85.6 Å². The summed E-state index contributed by atoms with van der Waals surface area (Å²) in [5.74, 6) is -1.00. The predicted octanol–water partition coefficient (Wildman–Crippen LogP) is 0.427. The highest BCUT2D eigenvalue weighted by molar-refractivity contribution is 5.75. The lowest BCUT2D eigenvalue weighted by Gasteiger charge is -2.09. The molecule has 0 heterocycles. The minimum atomic E-state index is -0.858. The maximum atomic E-state index is 11.2. The molecule has 1 aromatic carbocycles. The fraction of sp³-hybridized carbons (Fsp3) is 0.273. The first-order chi connectivity index (χ1) is 8.13. The van der Waals surface area contributed by atoms with Crippen molar-refractivity contribution in [2.75, 3.05) is 20.3 Å².